The number of likely N-dealkylation sites (tertiary alicyclic amines) is 1. The van der Waals surface area contributed by atoms with Gasteiger partial charge in [0.2, 0.25) is 11.8 Å². The smallest absolute Gasteiger partial charge is 0.239 e. The van der Waals surface area contributed by atoms with Crippen LogP contribution in [0, 0.1) is 0 Å². The monoisotopic (exact) mass is 331 g/mol. The standard InChI is InChI=1S/C18H25N3O3/c1-13(19)17(23)20-9-5-8-18(11-20)12-21(14(2)22)10-15-6-3-4-7-16(15)24-18/h3-4,6-7,13H,5,8-12,19H2,1-2H3/t13-,18-/m1/s1. The molecule has 0 aliphatic carbocycles. The highest BCUT2D eigenvalue weighted by molar-refractivity contribution is 5.81. The van der Waals surface area contributed by atoms with Gasteiger partial charge in [-0.05, 0) is 25.8 Å². The van der Waals surface area contributed by atoms with Gasteiger partial charge in [0.25, 0.3) is 0 Å². The summed E-state index contributed by atoms with van der Waals surface area (Å²) in [5, 5.41) is 0. The average molecular weight is 331 g/mol. The molecule has 1 fully saturated rings. The van der Waals surface area contributed by atoms with Gasteiger partial charge in [-0.15, -0.1) is 0 Å². The molecule has 1 aromatic rings. The highest BCUT2D eigenvalue weighted by Crippen LogP contribution is 2.34. The fraction of sp³-hybridized carbons (Fsp3) is 0.556. The number of piperidine rings is 1. The molecule has 0 aromatic heterocycles. The highest BCUT2D eigenvalue weighted by atomic mass is 16.5. The van der Waals surface area contributed by atoms with Gasteiger partial charge in [-0.1, -0.05) is 18.2 Å². The number of hydrogen-bond acceptors (Lipinski definition) is 4. The van der Waals surface area contributed by atoms with Gasteiger partial charge in [0.1, 0.15) is 11.4 Å². The number of nitrogens with zero attached hydrogens (tertiary/aromatic N) is 2. The molecule has 130 valence electrons. The van der Waals surface area contributed by atoms with Gasteiger partial charge in [0.15, 0.2) is 0 Å². The summed E-state index contributed by atoms with van der Waals surface area (Å²) in [6.07, 6.45) is 1.65. The Morgan fingerprint density at radius 2 is 1.96 bits per heavy atom. The van der Waals surface area contributed by atoms with Gasteiger partial charge in [-0.2, -0.15) is 0 Å². The molecule has 3 rings (SSSR count). The molecular formula is C18H25N3O3. The molecule has 1 saturated heterocycles. The maximum Gasteiger partial charge on any atom is 0.239 e. The normalized spacial score (nSPS) is 24.8. The van der Waals surface area contributed by atoms with Gasteiger partial charge in [-0.3, -0.25) is 9.59 Å². The highest BCUT2D eigenvalue weighted by Gasteiger charge is 2.43. The van der Waals surface area contributed by atoms with E-state index < -0.39 is 11.6 Å². The van der Waals surface area contributed by atoms with Gasteiger partial charge in [-0.25, -0.2) is 0 Å². The molecule has 6 heteroatoms. The van der Waals surface area contributed by atoms with Crippen LogP contribution in [0.25, 0.3) is 0 Å². The molecule has 0 bridgehead atoms. The van der Waals surface area contributed by atoms with Crippen LogP contribution >= 0.6 is 0 Å². The number of para-hydroxylation sites is 1. The number of amides is 2. The second kappa shape index (κ2) is 6.43. The lowest BCUT2D eigenvalue weighted by molar-refractivity contribution is -0.140. The Hall–Kier alpha value is -2.08. The second-order valence-electron chi connectivity index (χ2n) is 6.92. The van der Waals surface area contributed by atoms with E-state index in [0.29, 0.717) is 26.2 Å². The topological polar surface area (TPSA) is 75.9 Å². The van der Waals surface area contributed by atoms with Crippen molar-refractivity contribution in [1.82, 2.24) is 9.80 Å². The van der Waals surface area contributed by atoms with Crippen molar-refractivity contribution >= 4 is 11.8 Å². The Morgan fingerprint density at radius 3 is 2.67 bits per heavy atom. The molecule has 1 spiro atoms. The molecule has 2 aliphatic heterocycles. The zero-order valence-electron chi connectivity index (χ0n) is 14.3. The Kier molecular flexibility index (Phi) is 4.49. The quantitative estimate of drug-likeness (QED) is 0.837. The third-order valence-corrected chi connectivity index (χ3v) is 4.83. The molecule has 2 atom stereocenters. The zero-order chi connectivity index (χ0) is 17.3. The fourth-order valence-electron chi connectivity index (χ4n) is 3.62. The first-order chi connectivity index (χ1) is 11.4. The molecule has 0 radical (unpaired) electrons. The number of ether oxygens (including phenoxy) is 1. The lowest BCUT2D eigenvalue weighted by atomic mass is 9.91. The first-order valence-electron chi connectivity index (χ1n) is 8.47. The van der Waals surface area contributed by atoms with Gasteiger partial charge in [0, 0.05) is 25.6 Å². The number of carbonyl (C=O) groups is 2. The molecule has 2 aliphatic rings. The SMILES string of the molecule is CC(=O)N1Cc2ccccc2O[C@@]2(CCCN(C(=O)[C@@H](C)N)C2)C1. The third-order valence-electron chi connectivity index (χ3n) is 4.83. The summed E-state index contributed by atoms with van der Waals surface area (Å²) in [6.45, 7) is 5.46. The van der Waals surface area contributed by atoms with Crippen molar-refractivity contribution in [1.29, 1.82) is 0 Å². The average Bonchev–Trinajstić information content (AvgIpc) is 2.70. The van der Waals surface area contributed by atoms with Crippen molar-refractivity contribution in [3.8, 4) is 5.75 Å². The number of fused-ring (bicyclic) bond motifs is 1. The summed E-state index contributed by atoms with van der Waals surface area (Å²) in [5.74, 6) is 0.756. The van der Waals surface area contributed by atoms with E-state index in [-0.39, 0.29) is 11.8 Å². The van der Waals surface area contributed by atoms with Crippen molar-refractivity contribution in [2.45, 2.75) is 44.9 Å². The molecule has 2 heterocycles. The predicted molar refractivity (Wildman–Crippen MR) is 90.4 cm³/mol. The van der Waals surface area contributed by atoms with E-state index in [1.807, 2.05) is 29.2 Å². The lowest BCUT2D eigenvalue weighted by Crippen LogP contribution is -2.60. The summed E-state index contributed by atoms with van der Waals surface area (Å²) < 4.78 is 6.40. The summed E-state index contributed by atoms with van der Waals surface area (Å²) in [4.78, 5) is 28.0. The Morgan fingerprint density at radius 1 is 1.25 bits per heavy atom. The molecule has 0 saturated carbocycles. The maximum atomic E-state index is 12.3. The Balaban J connectivity index is 1.92. The number of rotatable bonds is 1. The number of nitrogens with two attached hydrogens (primary N) is 1. The fourth-order valence-corrected chi connectivity index (χ4v) is 3.62. The molecule has 24 heavy (non-hydrogen) atoms. The van der Waals surface area contributed by atoms with Crippen molar-refractivity contribution in [2.75, 3.05) is 19.6 Å². The van der Waals surface area contributed by atoms with E-state index in [1.165, 1.54) is 0 Å². The van der Waals surface area contributed by atoms with Crippen molar-refractivity contribution < 1.29 is 14.3 Å². The van der Waals surface area contributed by atoms with Crippen molar-refractivity contribution in [3.63, 3.8) is 0 Å². The van der Waals surface area contributed by atoms with Crippen LogP contribution < -0.4 is 10.5 Å². The van der Waals surface area contributed by atoms with Crippen LogP contribution in [0.2, 0.25) is 0 Å². The van der Waals surface area contributed by atoms with E-state index in [1.54, 1.807) is 18.7 Å². The van der Waals surface area contributed by atoms with Crippen LogP contribution in [-0.4, -0.2) is 52.9 Å². The third kappa shape index (κ3) is 3.24. The molecule has 1 aromatic carbocycles. The van der Waals surface area contributed by atoms with Crippen LogP contribution in [-0.2, 0) is 16.1 Å². The van der Waals surface area contributed by atoms with Crippen LogP contribution in [0.4, 0.5) is 0 Å². The summed E-state index contributed by atoms with van der Waals surface area (Å²) in [6, 6.07) is 7.28. The Labute approximate surface area is 142 Å². The molecule has 2 amide bonds. The zero-order valence-corrected chi connectivity index (χ0v) is 14.3. The van der Waals surface area contributed by atoms with Crippen LogP contribution in [0.1, 0.15) is 32.3 Å². The maximum absolute atomic E-state index is 12.3. The molecule has 0 unspecified atom stereocenters. The Bertz CT molecular complexity index is 646. The number of carbonyl (C=O) groups excluding carboxylic acids is 2. The molecule has 6 nitrogen and oxygen atoms in total. The molecular weight excluding hydrogens is 306 g/mol. The van der Waals surface area contributed by atoms with Crippen LogP contribution in [0.15, 0.2) is 24.3 Å². The summed E-state index contributed by atoms with van der Waals surface area (Å²) >= 11 is 0. The van der Waals surface area contributed by atoms with Gasteiger partial charge in [0.05, 0.1) is 19.1 Å². The van der Waals surface area contributed by atoms with E-state index in [0.717, 1.165) is 24.2 Å². The minimum Gasteiger partial charge on any atom is -0.483 e. The largest absolute Gasteiger partial charge is 0.483 e. The van der Waals surface area contributed by atoms with E-state index >= 15 is 0 Å². The second-order valence-corrected chi connectivity index (χ2v) is 6.92. The predicted octanol–water partition coefficient (Wildman–Crippen LogP) is 1.14. The first kappa shape index (κ1) is 16.8. The first-order valence-corrected chi connectivity index (χ1v) is 8.47. The number of hydrogen-bond donors (Lipinski definition) is 1. The van der Waals surface area contributed by atoms with Crippen molar-refractivity contribution in [2.24, 2.45) is 5.73 Å². The van der Waals surface area contributed by atoms with E-state index in [2.05, 4.69) is 0 Å². The summed E-state index contributed by atoms with van der Waals surface area (Å²) in [5.41, 5.74) is 6.20. The minimum atomic E-state index is -0.568. The van der Waals surface area contributed by atoms with Crippen LogP contribution in [0.3, 0.4) is 0 Å². The lowest BCUT2D eigenvalue weighted by Gasteiger charge is -2.44. The van der Waals surface area contributed by atoms with Crippen LogP contribution in [0.5, 0.6) is 5.75 Å². The van der Waals surface area contributed by atoms with E-state index in [4.69, 9.17) is 10.5 Å². The van der Waals surface area contributed by atoms with Crippen molar-refractivity contribution in [3.05, 3.63) is 29.8 Å². The minimum absolute atomic E-state index is 0.0188. The van der Waals surface area contributed by atoms with E-state index in [9.17, 15) is 9.59 Å². The van der Waals surface area contributed by atoms with Gasteiger partial charge >= 0.3 is 0 Å². The van der Waals surface area contributed by atoms with Gasteiger partial charge < -0.3 is 20.3 Å². The number of benzene rings is 1. The summed E-state index contributed by atoms with van der Waals surface area (Å²) in [7, 11) is 0. The molecule has 2 N–H and O–H groups in total.